The van der Waals surface area contributed by atoms with Crippen LogP contribution in [0.15, 0.2) is 35.7 Å². The molecule has 27 heavy (non-hydrogen) atoms. The number of nitrogens with zero attached hydrogens (tertiary/aromatic N) is 2. The first-order chi connectivity index (χ1) is 13.1. The smallest absolute Gasteiger partial charge is 0.387 e. The summed E-state index contributed by atoms with van der Waals surface area (Å²) in [6, 6.07) is 6.02. The van der Waals surface area contributed by atoms with Crippen molar-refractivity contribution in [3.8, 4) is 5.75 Å². The van der Waals surface area contributed by atoms with Crippen LogP contribution in [0.4, 0.5) is 13.9 Å². The number of benzene rings is 1. The van der Waals surface area contributed by atoms with Crippen molar-refractivity contribution in [3.05, 3.63) is 47.0 Å². The lowest BCUT2D eigenvalue weighted by Crippen LogP contribution is -2.35. The lowest BCUT2D eigenvalue weighted by molar-refractivity contribution is -0.111. The van der Waals surface area contributed by atoms with E-state index in [1.165, 1.54) is 29.5 Å². The van der Waals surface area contributed by atoms with Crippen molar-refractivity contribution in [2.45, 2.75) is 13.2 Å². The summed E-state index contributed by atoms with van der Waals surface area (Å²) in [7, 11) is 0. The molecule has 1 N–H and O–H groups in total. The minimum atomic E-state index is -2.86. The first-order valence-corrected chi connectivity index (χ1v) is 9.25. The van der Waals surface area contributed by atoms with Gasteiger partial charge in [-0.2, -0.15) is 8.78 Å². The first-order valence-electron chi connectivity index (χ1n) is 8.37. The maximum atomic E-state index is 12.1. The van der Waals surface area contributed by atoms with Gasteiger partial charge in [0.05, 0.1) is 18.9 Å². The molecule has 2 aromatic rings. The van der Waals surface area contributed by atoms with Gasteiger partial charge in [0.1, 0.15) is 5.75 Å². The molecule has 1 aliphatic heterocycles. The van der Waals surface area contributed by atoms with Crippen LogP contribution in [-0.4, -0.2) is 48.7 Å². The average Bonchev–Trinajstić information content (AvgIpc) is 3.08. The van der Waals surface area contributed by atoms with Crippen molar-refractivity contribution in [2.75, 3.05) is 31.6 Å². The van der Waals surface area contributed by atoms with Crippen molar-refractivity contribution in [3.63, 3.8) is 0 Å². The fourth-order valence-corrected chi connectivity index (χ4v) is 3.21. The summed E-state index contributed by atoms with van der Waals surface area (Å²) in [6.45, 7) is 1.09. The molecular formula is C18H19F2N3O3S. The zero-order chi connectivity index (χ0) is 19.1. The van der Waals surface area contributed by atoms with Gasteiger partial charge in [0.25, 0.3) is 0 Å². The second-order valence-electron chi connectivity index (χ2n) is 5.80. The Morgan fingerprint density at radius 1 is 1.33 bits per heavy atom. The molecule has 0 bridgehead atoms. The van der Waals surface area contributed by atoms with Gasteiger partial charge < -0.3 is 9.47 Å². The second-order valence-corrected chi connectivity index (χ2v) is 6.66. The molecule has 1 aliphatic rings. The average molecular weight is 395 g/mol. The number of thiazole rings is 1. The highest BCUT2D eigenvalue weighted by Crippen LogP contribution is 2.18. The first kappa shape index (κ1) is 19.4. The molecule has 0 aliphatic carbocycles. The molecule has 0 atom stereocenters. The third-order valence-corrected chi connectivity index (χ3v) is 4.61. The molecule has 0 saturated carbocycles. The molecule has 1 amide bonds. The Bertz CT molecular complexity index is 774. The van der Waals surface area contributed by atoms with Crippen molar-refractivity contribution < 1.29 is 23.0 Å². The number of anilines is 1. The molecule has 1 fully saturated rings. The Kier molecular flexibility index (Phi) is 6.86. The van der Waals surface area contributed by atoms with Crippen molar-refractivity contribution in [1.29, 1.82) is 0 Å². The Hall–Kier alpha value is -2.36. The molecule has 9 heteroatoms. The molecule has 0 spiro atoms. The Morgan fingerprint density at radius 3 is 2.78 bits per heavy atom. The molecule has 1 saturated heterocycles. The Labute approximate surface area is 159 Å². The summed E-state index contributed by atoms with van der Waals surface area (Å²) in [5.41, 5.74) is 1.61. The normalized spacial score (nSPS) is 15.4. The SMILES string of the molecule is O=C(/C=C/c1ccc(OC(F)F)cc1)Nc1nc(CN2CCOCC2)cs1. The Balaban J connectivity index is 1.49. The quantitative estimate of drug-likeness (QED) is 0.730. The summed E-state index contributed by atoms with van der Waals surface area (Å²) in [5, 5.41) is 5.18. The van der Waals surface area contributed by atoms with Crippen LogP contribution < -0.4 is 10.1 Å². The largest absolute Gasteiger partial charge is 0.435 e. The predicted molar refractivity (Wildman–Crippen MR) is 98.9 cm³/mol. The summed E-state index contributed by atoms with van der Waals surface area (Å²) >= 11 is 1.37. The number of rotatable bonds is 7. The van der Waals surface area contributed by atoms with Crippen LogP contribution in [-0.2, 0) is 16.1 Å². The minimum absolute atomic E-state index is 0.0715. The number of morpholine rings is 1. The summed E-state index contributed by atoms with van der Waals surface area (Å²) in [4.78, 5) is 18.7. The molecule has 1 aromatic carbocycles. The number of aromatic nitrogens is 1. The fraction of sp³-hybridized carbons (Fsp3) is 0.333. The second kappa shape index (κ2) is 9.54. The summed E-state index contributed by atoms with van der Waals surface area (Å²) in [6.07, 6.45) is 2.95. The molecule has 3 rings (SSSR count). The van der Waals surface area contributed by atoms with Crippen LogP contribution in [0.3, 0.4) is 0 Å². The van der Waals surface area contributed by atoms with E-state index < -0.39 is 6.61 Å². The minimum Gasteiger partial charge on any atom is -0.435 e. The number of alkyl halides is 2. The van der Waals surface area contributed by atoms with E-state index in [1.54, 1.807) is 18.2 Å². The molecule has 6 nitrogen and oxygen atoms in total. The molecule has 0 radical (unpaired) electrons. The number of amides is 1. The Morgan fingerprint density at radius 2 is 2.07 bits per heavy atom. The number of ether oxygens (including phenoxy) is 2. The topological polar surface area (TPSA) is 63.7 Å². The lowest BCUT2D eigenvalue weighted by atomic mass is 10.2. The standard InChI is InChI=1S/C18H19F2N3O3S/c19-17(20)26-15-4-1-13(2-5-15)3-6-16(24)22-18-21-14(12-27-18)11-23-7-9-25-10-8-23/h1-6,12,17H,7-11H2,(H,21,22,24)/b6-3+. The van der Waals surface area contributed by atoms with Gasteiger partial charge in [0, 0.05) is 31.1 Å². The molecular weight excluding hydrogens is 376 g/mol. The van der Waals surface area contributed by atoms with Gasteiger partial charge in [-0.1, -0.05) is 12.1 Å². The fourth-order valence-electron chi connectivity index (χ4n) is 2.50. The van der Waals surface area contributed by atoms with E-state index in [1.807, 2.05) is 5.38 Å². The van der Waals surface area contributed by atoms with Crippen molar-refractivity contribution in [2.24, 2.45) is 0 Å². The van der Waals surface area contributed by atoms with Crippen LogP contribution in [0.25, 0.3) is 6.08 Å². The van der Waals surface area contributed by atoms with Crippen LogP contribution >= 0.6 is 11.3 Å². The van der Waals surface area contributed by atoms with Gasteiger partial charge in [0.2, 0.25) is 5.91 Å². The monoisotopic (exact) mass is 395 g/mol. The maximum Gasteiger partial charge on any atom is 0.387 e. The third kappa shape index (κ3) is 6.38. The number of carbonyl (C=O) groups excluding carboxylic acids is 1. The number of hydrogen-bond acceptors (Lipinski definition) is 6. The lowest BCUT2D eigenvalue weighted by Gasteiger charge is -2.25. The van der Waals surface area contributed by atoms with E-state index in [0.717, 1.165) is 38.5 Å². The van der Waals surface area contributed by atoms with E-state index in [9.17, 15) is 13.6 Å². The molecule has 0 unspecified atom stereocenters. The number of hydrogen-bond donors (Lipinski definition) is 1. The summed E-state index contributed by atoms with van der Waals surface area (Å²) < 4.78 is 33.8. The van der Waals surface area contributed by atoms with Gasteiger partial charge in [-0.15, -0.1) is 11.3 Å². The predicted octanol–water partition coefficient (Wildman–Crippen LogP) is 3.23. The van der Waals surface area contributed by atoms with Crippen molar-refractivity contribution >= 4 is 28.5 Å². The number of nitrogens with one attached hydrogen (secondary N) is 1. The highest BCUT2D eigenvalue weighted by Gasteiger charge is 2.13. The van der Waals surface area contributed by atoms with Gasteiger partial charge in [-0.25, -0.2) is 4.98 Å². The van der Waals surface area contributed by atoms with Gasteiger partial charge >= 0.3 is 6.61 Å². The summed E-state index contributed by atoms with van der Waals surface area (Å²) in [5.74, 6) is -0.239. The number of halogens is 2. The zero-order valence-electron chi connectivity index (χ0n) is 14.4. The van der Waals surface area contributed by atoms with E-state index in [0.29, 0.717) is 10.7 Å². The zero-order valence-corrected chi connectivity index (χ0v) is 15.3. The third-order valence-electron chi connectivity index (χ3n) is 3.80. The van der Waals surface area contributed by atoms with Crippen LogP contribution in [0, 0.1) is 0 Å². The van der Waals surface area contributed by atoms with Gasteiger partial charge in [0.15, 0.2) is 5.13 Å². The van der Waals surface area contributed by atoms with Crippen LogP contribution in [0.1, 0.15) is 11.3 Å². The molecule has 144 valence electrons. The van der Waals surface area contributed by atoms with Crippen LogP contribution in [0.2, 0.25) is 0 Å². The van der Waals surface area contributed by atoms with Crippen LogP contribution in [0.5, 0.6) is 5.75 Å². The molecule has 1 aromatic heterocycles. The highest BCUT2D eigenvalue weighted by molar-refractivity contribution is 7.13. The van der Waals surface area contributed by atoms with E-state index in [4.69, 9.17) is 4.74 Å². The van der Waals surface area contributed by atoms with E-state index in [2.05, 4.69) is 19.9 Å². The highest BCUT2D eigenvalue weighted by atomic mass is 32.1. The van der Waals surface area contributed by atoms with Crippen molar-refractivity contribution in [1.82, 2.24) is 9.88 Å². The number of carbonyl (C=O) groups is 1. The van der Waals surface area contributed by atoms with E-state index in [-0.39, 0.29) is 11.7 Å². The maximum absolute atomic E-state index is 12.1. The van der Waals surface area contributed by atoms with Gasteiger partial charge in [-0.3, -0.25) is 15.0 Å². The van der Waals surface area contributed by atoms with Gasteiger partial charge in [-0.05, 0) is 23.8 Å². The van der Waals surface area contributed by atoms with E-state index >= 15 is 0 Å². The molecule has 2 heterocycles.